The maximum absolute atomic E-state index is 6.42. The first-order valence-corrected chi connectivity index (χ1v) is 36.2. The van der Waals surface area contributed by atoms with E-state index in [0.29, 0.717) is 0 Å². The fraction of sp³-hybridized carbons (Fsp3) is 0.0400. The molecule has 0 radical (unpaired) electrons. The van der Waals surface area contributed by atoms with Crippen LogP contribution in [0.3, 0.4) is 0 Å². The Morgan fingerprint density at radius 3 is 1.18 bits per heavy atom. The van der Waals surface area contributed by atoms with Gasteiger partial charge in [-0.2, -0.15) is 0 Å². The van der Waals surface area contributed by atoms with Crippen LogP contribution in [0.1, 0.15) is 47.2 Å². The zero-order valence-electron chi connectivity index (χ0n) is 58.0. The minimum absolute atomic E-state index is 0.0998. The van der Waals surface area contributed by atoms with Gasteiger partial charge >= 0.3 is 0 Å². The average molecular weight is 1340 g/mol. The van der Waals surface area contributed by atoms with Crippen LogP contribution in [0.2, 0.25) is 0 Å². The van der Waals surface area contributed by atoms with Crippen LogP contribution in [0.5, 0.6) is 0 Å². The van der Waals surface area contributed by atoms with Crippen molar-refractivity contribution < 1.29 is 8.83 Å². The van der Waals surface area contributed by atoms with Crippen LogP contribution in [0.4, 0.5) is 34.1 Å². The lowest BCUT2D eigenvalue weighted by Crippen LogP contribution is -2.29. The number of nitrogens with zero attached hydrogens (tertiary/aromatic N) is 3. The third-order valence-corrected chi connectivity index (χ3v) is 22.1. The molecule has 3 heterocycles. The van der Waals surface area contributed by atoms with Gasteiger partial charge < -0.3 is 23.2 Å². The van der Waals surface area contributed by atoms with Crippen molar-refractivity contribution in [2.45, 2.75) is 24.7 Å². The number of hydrogen-bond donors (Lipinski definition) is 0. The molecule has 0 amide bonds. The van der Waals surface area contributed by atoms with Crippen LogP contribution in [-0.4, -0.2) is 4.57 Å². The highest BCUT2D eigenvalue weighted by atomic mass is 16.3. The van der Waals surface area contributed by atoms with Crippen LogP contribution < -0.4 is 9.80 Å². The Balaban J connectivity index is 0.000000143. The van der Waals surface area contributed by atoms with E-state index in [1.165, 1.54) is 77.4 Å². The molecule has 2 aliphatic carbocycles. The molecule has 21 rings (SSSR count). The second-order valence-electron chi connectivity index (χ2n) is 28.2. The van der Waals surface area contributed by atoms with Crippen molar-refractivity contribution in [3.63, 3.8) is 0 Å². The molecular weight excluding hydrogens is 1280 g/mol. The molecule has 0 unspecified atom stereocenters. The Labute approximate surface area is 609 Å². The van der Waals surface area contributed by atoms with E-state index in [9.17, 15) is 0 Å². The van der Waals surface area contributed by atoms with Gasteiger partial charge in [0.05, 0.1) is 16.4 Å². The molecule has 0 spiro atoms. The van der Waals surface area contributed by atoms with Crippen molar-refractivity contribution in [1.82, 2.24) is 4.57 Å². The molecule has 0 bridgehead atoms. The van der Waals surface area contributed by atoms with Crippen LogP contribution in [0.15, 0.2) is 391 Å². The molecular formula is C100H69N3O2. The van der Waals surface area contributed by atoms with Gasteiger partial charge in [-0.3, -0.25) is 0 Å². The van der Waals surface area contributed by atoms with E-state index in [1.807, 2.05) is 24.3 Å². The summed E-state index contributed by atoms with van der Waals surface area (Å²) in [5, 5.41) is 7.01. The van der Waals surface area contributed by atoms with Gasteiger partial charge in [-0.05, 0) is 176 Å². The molecule has 5 heteroatoms. The van der Waals surface area contributed by atoms with Gasteiger partial charge in [0, 0.05) is 88.7 Å². The number of aromatic nitrogens is 1. The lowest BCUT2D eigenvalue weighted by molar-refractivity contribution is 0.658. The normalized spacial score (nSPS) is 13.0. The highest BCUT2D eigenvalue weighted by Gasteiger charge is 2.51. The summed E-state index contributed by atoms with van der Waals surface area (Å²) < 4.78 is 15.2. The molecule has 5 nitrogen and oxygen atoms in total. The van der Waals surface area contributed by atoms with E-state index in [-0.39, 0.29) is 5.41 Å². The Morgan fingerprint density at radius 1 is 0.267 bits per heavy atom. The van der Waals surface area contributed by atoms with E-state index in [0.717, 1.165) is 106 Å². The molecule has 496 valence electrons. The maximum atomic E-state index is 6.42. The molecule has 19 aromatic rings. The number of hydrogen-bond acceptors (Lipinski definition) is 4. The van der Waals surface area contributed by atoms with Crippen molar-refractivity contribution in [2.24, 2.45) is 0 Å². The standard InChI is InChI=1S/C54H34N2O2.C46H35N/c1-5-19-49-43(11-1)44-12-2-6-20-50(44)56(49)40-33-31-39(32-34-40)55(37-27-23-35(24-28-37)41-15-9-17-47-45-13-3-7-21-51(45)57-53(41)47)38-29-25-36(26-30-38)42-16-10-18-48-46-14-4-8-22-52(46)58-54(42)48;1-45(2)40-26-16-15-25-39(40)43-41(45)30-29-38-37-28-27-36(47(34-21-11-5-12-22-34)35-23-13-6-14-24-35)31-42(37)46(44(38)43,32-17-7-3-8-18-32)33-19-9-4-10-20-33/h1-34H;3-31H,1-2H3. The minimum atomic E-state index is -0.527. The Kier molecular flexibility index (Phi) is 14.4. The quantitative estimate of drug-likeness (QED) is 0.129. The number of anilines is 6. The highest BCUT2D eigenvalue weighted by Crippen LogP contribution is 2.64. The molecule has 16 aromatic carbocycles. The van der Waals surface area contributed by atoms with Crippen molar-refractivity contribution in [2.75, 3.05) is 9.80 Å². The lowest BCUT2D eigenvalue weighted by atomic mass is 9.65. The number of furan rings is 2. The SMILES string of the molecule is CC1(C)c2ccccc2-c2c1ccc1c2C(c2ccccc2)(c2ccccc2)c2cc(N(c3ccccc3)c3ccccc3)ccc2-1.c1ccc2c(c1)oc1c(-c3ccc(N(c4ccc(-c5cccc6c5oc5ccccc56)cc4)c4ccc(-n5c6ccccc6c6ccccc65)cc4)cc3)cccc12. The smallest absolute Gasteiger partial charge is 0.143 e. The van der Waals surface area contributed by atoms with Gasteiger partial charge in [0.1, 0.15) is 22.3 Å². The van der Waals surface area contributed by atoms with Gasteiger partial charge in [0.2, 0.25) is 0 Å². The summed E-state index contributed by atoms with van der Waals surface area (Å²) >= 11 is 0. The summed E-state index contributed by atoms with van der Waals surface area (Å²) in [7, 11) is 0. The second-order valence-corrected chi connectivity index (χ2v) is 28.2. The number of fused-ring (bicyclic) bond motifs is 16. The second kappa shape index (κ2) is 24.7. The molecule has 0 N–H and O–H groups in total. The molecule has 0 saturated heterocycles. The predicted octanol–water partition coefficient (Wildman–Crippen LogP) is 27.2. The molecule has 0 fully saturated rings. The zero-order valence-corrected chi connectivity index (χ0v) is 58.0. The van der Waals surface area contributed by atoms with Gasteiger partial charge in [-0.25, -0.2) is 0 Å². The highest BCUT2D eigenvalue weighted by molar-refractivity contribution is 6.12. The van der Waals surface area contributed by atoms with E-state index in [1.54, 1.807) is 0 Å². The van der Waals surface area contributed by atoms with Crippen LogP contribution >= 0.6 is 0 Å². The van der Waals surface area contributed by atoms with Crippen LogP contribution in [0.25, 0.3) is 116 Å². The van der Waals surface area contributed by atoms with Crippen molar-refractivity contribution >= 4 is 99.8 Å². The molecule has 0 atom stereocenters. The van der Waals surface area contributed by atoms with Gasteiger partial charge in [-0.15, -0.1) is 0 Å². The lowest BCUT2D eigenvalue weighted by Gasteiger charge is -2.36. The Hall–Kier alpha value is -13.5. The summed E-state index contributed by atoms with van der Waals surface area (Å²) in [6.45, 7) is 4.77. The van der Waals surface area contributed by atoms with Crippen molar-refractivity contribution in [3.8, 4) is 50.2 Å². The Bertz CT molecular complexity index is 6240. The first-order chi connectivity index (χ1) is 51.9. The van der Waals surface area contributed by atoms with E-state index >= 15 is 0 Å². The van der Waals surface area contributed by atoms with Crippen LogP contribution in [-0.2, 0) is 10.8 Å². The van der Waals surface area contributed by atoms with E-state index < -0.39 is 5.41 Å². The minimum Gasteiger partial charge on any atom is -0.455 e. The molecule has 0 aliphatic heterocycles. The van der Waals surface area contributed by atoms with Crippen molar-refractivity contribution in [1.29, 1.82) is 0 Å². The number of benzene rings is 16. The monoisotopic (exact) mass is 1340 g/mol. The maximum Gasteiger partial charge on any atom is 0.143 e. The van der Waals surface area contributed by atoms with E-state index in [2.05, 4.69) is 386 Å². The average Bonchev–Trinajstić information content (AvgIpc) is 1.51. The van der Waals surface area contributed by atoms with Gasteiger partial charge in [0.25, 0.3) is 0 Å². The molecule has 105 heavy (non-hydrogen) atoms. The van der Waals surface area contributed by atoms with E-state index in [4.69, 9.17) is 8.83 Å². The van der Waals surface area contributed by atoms with Crippen LogP contribution in [0, 0.1) is 0 Å². The zero-order chi connectivity index (χ0) is 69.7. The fourth-order valence-corrected chi connectivity index (χ4v) is 17.4. The predicted molar refractivity (Wildman–Crippen MR) is 437 cm³/mol. The summed E-state index contributed by atoms with van der Waals surface area (Å²) in [5.41, 5.74) is 30.8. The summed E-state index contributed by atoms with van der Waals surface area (Å²) in [4.78, 5) is 4.71. The third kappa shape index (κ3) is 9.76. The first kappa shape index (κ1) is 61.4. The first-order valence-electron chi connectivity index (χ1n) is 36.2. The summed E-state index contributed by atoms with van der Waals surface area (Å²) in [6.07, 6.45) is 0. The summed E-state index contributed by atoms with van der Waals surface area (Å²) in [6, 6.07) is 138. The fourth-order valence-electron chi connectivity index (χ4n) is 17.4. The van der Waals surface area contributed by atoms with Gasteiger partial charge in [-0.1, -0.05) is 287 Å². The molecule has 2 aliphatic rings. The van der Waals surface area contributed by atoms with Crippen molar-refractivity contribution in [3.05, 3.63) is 416 Å². The molecule has 0 saturated carbocycles. The largest absolute Gasteiger partial charge is 0.455 e. The topological polar surface area (TPSA) is 37.7 Å². The molecule has 3 aromatic heterocycles. The summed E-state index contributed by atoms with van der Waals surface area (Å²) in [5.74, 6) is 0. The Morgan fingerprint density at radius 2 is 0.657 bits per heavy atom. The van der Waals surface area contributed by atoms with Gasteiger partial charge in [0.15, 0.2) is 0 Å². The third-order valence-electron chi connectivity index (χ3n) is 22.1. The number of para-hydroxylation sites is 8. The number of rotatable bonds is 11.